The third-order valence-electron chi connectivity index (χ3n) is 3.18. The average molecular weight is 256 g/mol. The lowest BCUT2D eigenvalue weighted by Crippen LogP contribution is -2.40. The SMILES string of the molecule is CC(C)CC(C)N(C)C(=O)CC(N)CC(C)(C)C. The van der Waals surface area contributed by atoms with Crippen molar-refractivity contribution in [2.24, 2.45) is 17.1 Å². The maximum Gasteiger partial charge on any atom is 0.224 e. The largest absolute Gasteiger partial charge is 0.343 e. The molecule has 18 heavy (non-hydrogen) atoms. The average Bonchev–Trinajstić information content (AvgIpc) is 2.11. The predicted molar refractivity (Wildman–Crippen MR) is 78.4 cm³/mol. The van der Waals surface area contributed by atoms with Crippen molar-refractivity contribution in [1.82, 2.24) is 4.90 Å². The maximum atomic E-state index is 12.1. The smallest absolute Gasteiger partial charge is 0.224 e. The Balaban J connectivity index is 4.23. The molecule has 0 aromatic carbocycles. The summed E-state index contributed by atoms with van der Waals surface area (Å²) in [4.78, 5) is 14.0. The first-order valence-electron chi connectivity index (χ1n) is 7.04. The van der Waals surface area contributed by atoms with E-state index in [1.54, 1.807) is 0 Å². The van der Waals surface area contributed by atoms with Crippen LogP contribution in [0.15, 0.2) is 0 Å². The molecular formula is C15H32N2O. The zero-order valence-electron chi connectivity index (χ0n) is 13.3. The van der Waals surface area contributed by atoms with Crippen LogP contribution in [0.3, 0.4) is 0 Å². The second-order valence-corrected chi connectivity index (χ2v) is 7.21. The van der Waals surface area contributed by atoms with Gasteiger partial charge >= 0.3 is 0 Å². The highest BCUT2D eigenvalue weighted by molar-refractivity contribution is 5.76. The highest BCUT2D eigenvalue weighted by atomic mass is 16.2. The first-order chi connectivity index (χ1) is 8.03. The summed E-state index contributed by atoms with van der Waals surface area (Å²) in [7, 11) is 1.89. The number of amides is 1. The molecule has 0 aromatic rings. The van der Waals surface area contributed by atoms with E-state index >= 15 is 0 Å². The van der Waals surface area contributed by atoms with Crippen molar-refractivity contribution in [3.63, 3.8) is 0 Å². The van der Waals surface area contributed by atoms with Gasteiger partial charge < -0.3 is 10.6 Å². The van der Waals surface area contributed by atoms with Crippen LogP contribution in [0.25, 0.3) is 0 Å². The van der Waals surface area contributed by atoms with E-state index in [2.05, 4.69) is 41.5 Å². The van der Waals surface area contributed by atoms with Crippen LogP contribution in [0.5, 0.6) is 0 Å². The summed E-state index contributed by atoms with van der Waals surface area (Å²) < 4.78 is 0. The molecule has 0 aliphatic heterocycles. The minimum atomic E-state index is -0.0359. The molecule has 0 aromatic heterocycles. The quantitative estimate of drug-likeness (QED) is 0.794. The highest BCUT2D eigenvalue weighted by Gasteiger charge is 2.22. The van der Waals surface area contributed by atoms with Crippen LogP contribution < -0.4 is 5.73 Å². The summed E-state index contributed by atoms with van der Waals surface area (Å²) in [5.41, 5.74) is 6.23. The van der Waals surface area contributed by atoms with Crippen LogP contribution in [-0.4, -0.2) is 29.9 Å². The Labute approximate surface area is 113 Å². The van der Waals surface area contributed by atoms with E-state index in [9.17, 15) is 4.79 Å². The van der Waals surface area contributed by atoms with Gasteiger partial charge in [0.2, 0.25) is 5.91 Å². The van der Waals surface area contributed by atoms with Crippen LogP contribution >= 0.6 is 0 Å². The molecule has 0 bridgehead atoms. The Bertz CT molecular complexity index is 256. The van der Waals surface area contributed by atoms with Crippen molar-refractivity contribution >= 4 is 5.91 Å². The first kappa shape index (κ1) is 17.4. The summed E-state index contributed by atoms with van der Waals surface area (Å²) in [6, 6.07) is 0.255. The van der Waals surface area contributed by atoms with Crippen molar-refractivity contribution in [1.29, 1.82) is 0 Å². The Morgan fingerprint density at radius 3 is 2.11 bits per heavy atom. The second-order valence-electron chi connectivity index (χ2n) is 7.21. The molecule has 0 fully saturated rings. The van der Waals surface area contributed by atoms with Gasteiger partial charge in [0.25, 0.3) is 0 Å². The number of carbonyl (C=O) groups is 1. The Hall–Kier alpha value is -0.570. The lowest BCUT2D eigenvalue weighted by atomic mass is 9.87. The topological polar surface area (TPSA) is 46.3 Å². The molecule has 2 atom stereocenters. The molecule has 0 rings (SSSR count). The number of rotatable bonds is 6. The summed E-state index contributed by atoms with van der Waals surface area (Å²) in [6.07, 6.45) is 2.37. The minimum Gasteiger partial charge on any atom is -0.343 e. The number of nitrogens with two attached hydrogens (primary N) is 1. The van der Waals surface area contributed by atoms with E-state index in [1.165, 1.54) is 0 Å². The minimum absolute atomic E-state index is 0.0359. The van der Waals surface area contributed by atoms with Gasteiger partial charge in [0.05, 0.1) is 0 Å². The molecule has 3 heteroatoms. The van der Waals surface area contributed by atoms with Crippen LogP contribution in [0, 0.1) is 11.3 Å². The van der Waals surface area contributed by atoms with Gasteiger partial charge in [0.15, 0.2) is 0 Å². The second kappa shape index (κ2) is 7.13. The molecule has 3 nitrogen and oxygen atoms in total. The number of carbonyl (C=O) groups excluding carboxylic acids is 1. The van der Waals surface area contributed by atoms with Crippen LogP contribution in [0.1, 0.15) is 60.8 Å². The Morgan fingerprint density at radius 2 is 1.72 bits per heavy atom. The standard InChI is InChI=1S/C15H32N2O/c1-11(2)8-12(3)17(7)14(18)9-13(16)10-15(4,5)6/h11-13H,8-10,16H2,1-7H3. The Kier molecular flexibility index (Phi) is 6.90. The van der Waals surface area contributed by atoms with E-state index in [0.717, 1.165) is 12.8 Å². The number of hydrogen-bond donors (Lipinski definition) is 1. The van der Waals surface area contributed by atoms with Crippen molar-refractivity contribution in [3.8, 4) is 0 Å². The molecule has 0 aliphatic carbocycles. The zero-order valence-corrected chi connectivity index (χ0v) is 13.3. The summed E-state index contributed by atoms with van der Waals surface area (Å²) in [5.74, 6) is 0.776. The molecule has 1 amide bonds. The number of nitrogens with zero attached hydrogens (tertiary/aromatic N) is 1. The fourth-order valence-corrected chi connectivity index (χ4v) is 2.31. The third kappa shape index (κ3) is 7.70. The molecule has 2 N–H and O–H groups in total. The van der Waals surface area contributed by atoms with Crippen molar-refractivity contribution < 1.29 is 4.79 Å². The fraction of sp³-hybridized carbons (Fsp3) is 0.933. The highest BCUT2D eigenvalue weighted by Crippen LogP contribution is 2.21. The molecule has 0 radical (unpaired) electrons. The molecule has 0 saturated carbocycles. The Morgan fingerprint density at radius 1 is 1.22 bits per heavy atom. The zero-order chi connectivity index (χ0) is 14.5. The molecule has 0 spiro atoms. The van der Waals surface area contributed by atoms with Gasteiger partial charge in [-0.05, 0) is 31.1 Å². The lowest BCUT2D eigenvalue weighted by molar-refractivity contribution is -0.132. The van der Waals surface area contributed by atoms with Crippen LogP contribution in [0.4, 0.5) is 0 Å². The van der Waals surface area contributed by atoms with Crippen LogP contribution in [0.2, 0.25) is 0 Å². The third-order valence-corrected chi connectivity index (χ3v) is 3.18. The van der Waals surface area contributed by atoms with Crippen molar-refractivity contribution in [3.05, 3.63) is 0 Å². The fourth-order valence-electron chi connectivity index (χ4n) is 2.31. The summed E-state index contributed by atoms with van der Waals surface area (Å²) in [6.45, 7) is 12.9. The van der Waals surface area contributed by atoms with Gasteiger partial charge in [-0.3, -0.25) is 4.79 Å². The van der Waals surface area contributed by atoms with E-state index in [-0.39, 0.29) is 17.4 Å². The lowest BCUT2D eigenvalue weighted by Gasteiger charge is -2.29. The van der Waals surface area contributed by atoms with E-state index in [0.29, 0.717) is 18.4 Å². The predicted octanol–water partition coefficient (Wildman–Crippen LogP) is 3.03. The van der Waals surface area contributed by atoms with Gasteiger partial charge in [-0.1, -0.05) is 34.6 Å². The van der Waals surface area contributed by atoms with Gasteiger partial charge in [0, 0.05) is 25.6 Å². The molecule has 108 valence electrons. The molecule has 0 aliphatic rings. The monoisotopic (exact) mass is 256 g/mol. The normalized spacial score (nSPS) is 15.6. The maximum absolute atomic E-state index is 12.1. The van der Waals surface area contributed by atoms with Gasteiger partial charge in [-0.2, -0.15) is 0 Å². The molecular weight excluding hydrogens is 224 g/mol. The van der Waals surface area contributed by atoms with Gasteiger partial charge in [0.1, 0.15) is 0 Å². The van der Waals surface area contributed by atoms with Gasteiger partial charge in [-0.15, -0.1) is 0 Å². The van der Waals surface area contributed by atoms with E-state index in [4.69, 9.17) is 5.73 Å². The van der Waals surface area contributed by atoms with Crippen molar-refractivity contribution in [2.75, 3.05) is 7.05 Å². The summed E-state index contributed by atoms with van der Waals surface area (Å²) >= 11 is 0. The van der Waals surface area contributed by atoms with E-state index in [1.807, 2.05) is 11.9 Å². The van der Waals surface area contributed by atoms with Gasteiger partial charge in [-0.25, -0.2) is 0 Å². The first-order valence-corrected chi connectivity index (χ1v) is 7.04. The summed E-state index contributed by atoms with van der Waals surface area (Å²) in [5, 5.41) is 0. The molecule has 0 saturated heterocycles. The van der Waals surface area contributed by atoms with Crippen molar-refractivity contribution in [2.45, 2.75) is 72.9 Å². The van der Waals surface area contributed by atoms with E-state index < -0.39 is 0 Å². The molecule has 2 unspecified atom stereocenters. The van der Waals surface area contributed by atoms with Crippen LogP contribution in [-0.2, 0) is 4.79 Å². The number of hydrogen-bond acceptors (Lipinski definition) is 2. The molecule has 0 heterocycles.